The molecule has 0 amide bonds. The molecule has 0 rings (SSSR count). The summed E-state index contributed by atoms with van der Waals surface area (Å²) in [5.41, 5.74) is 0. The Labute approximate surface area is 76.6 Å². The normalized spacial score (nSPS) is 13.3. The Morgan fingerprint density at radius 3 is 2.58 bits per heavy atom. The van der Waals surface area contributed by atoms with Crippen molar-refractivity contribution in [1.29, 1.82) is 0 Å². The van der Waals surface area contributed by atoms with Crippen LogP contribution in [-0.4, -0.2) is 37.6 Å². The Bertz CT molecular complexity index is 112. The predicted molar refractivity (Wildman–Crippen MR) is 55.4 cm³/mol. The van der Waals surface area contributed by atoms with Crippen molar-refractivity contribution in [3.05, 3.63) is 12.7 Å². The SMILES string of the molecule is C=CCN(C)C(CC)CNCC. The zero-order valence-corrected chi connectivity index (χ0v) is 8.64. The molecular formula is C10H22N2. The number of hydrogen-bond donors (Lipinski definition) is 1. The van der Waals surface area contributed by atoms with Crippen LogP contribution >= 0.6 is 0 Å². The summed E-state index contributed by atoms with van der Waals surface area (Å²) >= 11 is 0. The average Bonchev–Trinajstić information content (AvgIpc) is 2.06. The molecule has 1 atom stereocenters. The number of hydrogen-bond acceptors (Lipinski definition) is 2. The maximum absolute atomic E-state index is 3.74. The smallest absolute Gasteiger partial charge is 0.0218 e. The number of rotatable bonds is 7. The molecule has 72 valence electrons. The van der Waals surface area contributed by atoms with E-state index < -0.39 is 0 Å². The minimum Gasteiger partial charge on any atom is -0.315 e. The highest BCUT2D eigenvalue weighted by Crippen LogP contribution is 1.99. The molecule has 0 heterocycles. The van der Waals surface area contributed by atoms with Crippen LogP contribution < -0.4 is 5.32 Å². The van der Waals surface area contributed by atoms with Crippen LogP contribution in [0.2, 0.25) is 0 Å². The Morgan fingerprint density at radius 2 is 2.17 bits per heavy atom. The van der Waals surface area contributed by atoms with E-state index >= 15 is 0 Å². The van der Waals surface area contributed by atoms with E-state index in [4.69, 9.17) is 0 Å². The van der Waals surface area contributed by atoms with Gasteiger partial charge in [0.05, 0.1) is 0 Å². The molecule has 2 heteroatoms. The van der Waals surface area contributed by atoms with Crippen molar-refractivity contribution in [3.63, 3.8) is 0 Å². The third-order valence-corrected chi connectivity index (χ3v) is 2.14. The molecule has 0 saturated heterocycles. The van der Waals surface area contributed by atoms with E-state index in [0.717, 1.165) is 19.6 Å². The summed E-state index contributed by atoms with van der Waals surface area (Å²) in [5.74, 6) is 0. The van der Waals surface area contributed by atoms with Gasteiger partial charge in [-0.2, -0.15) is 0 Å². The van der Waals surface area contributed by atoms with Gasteiger partial charge in [0.15, 0.2) is 0 Å². The Hall–Kier alpha value is -0.340. The van der Waals surface area contributed by atoms with E-state index in [1.54, 1.807) is 0 Å². The molecule has 0 aliphatic carbocycles. The van der Waals surface area contributed by atoms with E-state index in [1.807, 2.05) is 6.08 Å². The topological polar surface area (TPSA) is 15.3 Å². The number of nitrogens with one attached hydrogen (secondary N) is 1. The van der Waals surface area contributed by atoms with Gasteiger partial charge in [-0.15, -0.1) is 6.58 Å². The molecule has 0 aliphatic rings. The van der Waals surface area contributed by atoms with E-state index in [0.29, 0.717) is 6.04 Å². The van der Waals surface area contributed by atoms with Crippen molar-refractivity contribution in [1.82, 2.24) is 10.2 Å². The zero-order valence-electron chi connectivity index (χ0n) is 8.64. The van der Waals surface area contributed by atoms with Gasteiger partial charge in [0.1, 0.15) is 0 Å². The lowest BCUT2D eigenvalue weighted by Gasteiger charge is -2.25. The lowest BCUT2D eigenvalue weighted by molar-refractivity contribution is 0.253. The van der Waals surface area contributed by atoms with Crippen LogP contribution in [0.25, 0.3) is 0 Å². The fraction of sp³-hybridized carbons (Fsp3) is 0.800. The zero-order chi connectivity index (χ0) is 9.40. The maximum Gasteiger partial charge on any atom is 0.0218 e. The van der Waals surface area contributed by atoms with E-state index in [9.17, 15) is 0 Å². The lowest BCUT2D eigenvalue weighted by Crippen LogP contribution is -2.39. The molecule has 0 aromatic rings. The van der Waals surface area contributed by atoms with Crippen LogP contribution in [0.1, 0.15) is 20.3 Å². The third-order valence-electron chi connectivity index (χ3n) is 2.14. The van der Waals surface area contributed by atoms with Crippen molar-refractivity contribution < 1.29 is 0 Å². The largest absolute Gasteiger partial charge is 0.315 e. The minimum atomic E-state index is 0.642. The highest BCUT2D eigenvalue weighted by molar-refractivity contribution is 4.77. The quantitative estimate of drug-likeness (QED) is 0.582. The lowest BCUT2D eigenvalue weighted by atomic mass is 10.2. The first kappa shape index (κ1) is 11.7. The van der Waals surface area contributed by atoms with Gasteiger partial charge in [0, 0.05) is 19.1 Å². The van der Waals surface area contributed by atoms with Gasteiger partial charge >= 0.3 is 0 Å². The third kappa shape index (κ3) is 4.52. The standard InChI is InChI=1S/C10H22N2/c1-5-8-12(4)10(6-2)9-11-7-3/h5,10-11H,1,6-9H2,2-4H3. The molecule has 12 heavy (non-hydrogen) atoms. The van der Waals surface area contributed by atoms with Crippen molar-refractivity contribution in [2.45, 2.75) is 26.3 Å². The van der Waals surface area contributed by atoms with Crippen molar-refractivity contribution in [2.75, 3.05) is 26.7 Å². The van der Waals surface area contributed by atoms with Crippen molar-refractivity contribution in [2.24, 2.45) is 0 Å². The molecular weight excluding hydrogens is 148 g/mol. The van der Waals surface area contributed by atoms with E-state index in [1.165, 1.54) is 6.42 Å². The van der Waals surface area contributed by atoms with Gasteiger partial charge in [0.25, 0.3) is 0 Å². The van der Waals surface area contributed by atoms with Crippen LogP contribution in [0.3, 0.4) is 0 Å². The first-order chi connectivity index (χ1) is 5.76. The molecule has 1 N–H and O–H groups in total. The molecule has 2 nitrogen and oxygen atoms in total. The van der Waals surface area contributed by atoms with Gasteiger partial charge in [-0.1, -0.05) is 19.9 Å². The van der Waals surface area contributed by atoms with Gasteiger partial charge in [0.2, 0.25) is 0 Å². The van der Waals surface area contributed by atoms with Gasteiger partial charge in [-0.3, -0.25) is 4.90 Å². The minimum absolute atomic E-state index is 0.642. The van der Waals surface area contributed by atoms with Crippen molar-refractivity contribution >= 4 is 0 Å². The fourth-order valence-corrected chi connectivity index (χ4v) is 1.28. The molecule has 0 fully saturated rings. The molecule has 0 saturated carbocycles. The monoisotopic (exact) mass is 170 g/mol. The summed E-state index contributed by atoms with van der Waals surface area (Å²) in [6.45, 7) is 11.2. The maximum atomic E-state index is 3.74. The highest BCUT2D eigenvalue weighted by Gasteiger charge is 2.09. The molecule has 0 radical (unpaired) electrons. The van der Waals surface area contributed by atoms with Crippen molar-refractivity contribution in [3.8, 4) is 0 Å². The van der Waals surface area contributed by atoms with E-state index in [-0.39, 0.29) is 0 Å². The average molecular weight is 170 g/mol. The predicted octanol–water partition coefficient (Wildman–Crippen LogP) is 1.49. The molecule has 0 bridgehead atoms. The fourth-order valence-electron chi connectivity index (χ4n) is 1.28. The van der Waals surface area contributed by atoms with Crippen LogP contribution in [0.4, 0.5) is 0 Å². The first-order valence-corrected chi connectivity index (χ1v) is 4.78. The second kappa shape index (κ2) is 7.32. The molecule has 0 spiro atoms. The number of likely N-dealkylation sites (N-methyl/N-ethyl adjacent to an activating group) is 2. The van der Waals surface area contributed by atoms with E-state index in [2.05, 4.69) is 37.7 Å². The molecule has 1 unspecified atom stereocenters. The van der Waals surface area contributed by atoms with Gasteiger partial charge in [-0.25, -0.2) is 0 Å². The Kier molecular flexibility index (Phi) is 7.11. The van der Waals surface area contributed by atoms with Crippen LogP contribution in [0.5, 0.6) is 0 Å². The summed E-state index contributed by atoms with van der Waals surface area (Å²) in [4.78, 5) is 2.33. The summed E-state index contributed by atoms with van der Waals surface area (Å²) in [6, 6.07) is 0.642. The molecule has 0 aromatic carbocycles. The van der Waals surface area contributed by atoms with Gasteiger partial charge < -0.3 is 5.32 Å². The summed E-state index contributed by atoms with van der Waals surface area (Å²) in [7, 11) is 2.15. The summed E-state index contributed by atoms with van der Waals surface area (Å²) in [5, 5.41) is 3.36. The van der Waals surface area contributed by atoms with Crippen LogP contribution in [0.15, 0.2) is 12.7 Å². The van der Waals surface area contributed by atoms with Crippen LogP contribution in [-0.2, 0) is 0 Å². The second-order valence-corrected chi connectivity index (χ2v) is 3.10. The summed E-state index contributed by atoms with van der Waals surface area (Å²) in [6.07, 6.45) is 3.14. The van der Waals surface area contributed by atoms with Gasteiger partial charge in [-0.05, 0) is 20.0 Å². The molecule has 0 aromatic heterocycles. The second-order valence-electron chi connectivity index (χ2n) is 3.10. The van der Waals surface area contributed by atoms with Crippen LogP contribution in [0, 0.1) is 0 Å². The summed E-state index contributed by atoms with van der Waals surface area (Å²) < 4.78 is 0. The number of nitrogens with zero attached hydrogens (tertiary/aromatic N) is 1. The Morgan fingerprint density at radius 1 is 1.50 bits per heavy atom. The Balaban J connectivity index is 3.69. The highest BCUT2D eigenvalue weighted by atomic mass is 15.1. The molecule has 0 aliphatic heterocycles. The first-order valence-electron chi connectivity index (χ1n) is 4.78.